The summed E-state index contributed by atoms with van der Waals surface area (Å²) in [6.45, 7) is 6.38. The van der Waals surface area contributed by atoms with E-state index in [1.54, 1.807) is 25.3 Å². The molecule has 5 rings (SSSR count). The summed E-state index contributed by atoms with van der Waals surface area (Å²) in [4.78, 5) is 18.2. The molecule has 180 valence electrons. The molecule has 0 bridgehead atoms. The van der Waals surface area contributed by atoms with Gasteiger partial charge in [0, 0.05) is 55.7 Å². The number of esters is 1. The second-order valence-corrected chi connectivity index (χ2v) is 8.88. The number of nitriles is 1. The molecule has 0 spiro atoms. The predicted octanol–water partition coefficient (Wildman–Crippen LogP) is 3.51. The molecule has 8 nitrogen and oxygen atoms in total. The highest BCUT2D eigenvalue weighted by atomic mass is 19.3. The molecule has 2 aliphatic heterocycles. The van der Waals surface area contributed by atoms with E-state index in [1.807, 2.05) is 13.0 Å². The molecular formula is C25H24F2N6O2. The summed E-state index contributed by atoms with van der Waals surface area (Å²) >= 11 is 0. The molecular weight excluding hydrogens is 454 g/mol. The van der Waals surface area contributed by atoms with Crippen LogP contribution in [0.4, 0.5) is 8.78 Å². The van der Waals surface area contributed by atoms with Crippen LogP contribution in [0.1, 0.15) is 61.9 Å². The fourth-order valence-electron chi connectivity index (χ4n) is 4.78. The van der Waals surface area contributed by atoms with Gasteiger partial charge in [0.2, 0.25) is 0 Å². The largest absolute Gasteiger partial charge is 0.457 e. The zero-order valence-electron chi connectivity index (χ0n) is 19.4. The standard InChI is InChI=1S/C25H24F2N6O2/c1-14-7-22(30-9-16(14)8-28)33-11-17(23(31-33)24(26)27)10-32-6-5-29-21(12-32)18-3-4-19-20(15(18)2)13-35-25(19)34/h3-4,7,9,11,21,24,29H,5-6,10,12-13H2,1-2H3/t21-/m0/s1. The van der Waals surface area contributed by atoms with Gasteiger partial charge in [-0.1, -0.05) is 6.07 Å². The molecule has 1 N–H and O–H groups in total. The van der Waals surface area contributed by atoms with Gasteiger partial charge in [0.25, 0.3) is 6.43 Å². The smallest absolute Gasteiger partial charge is 0.338 e. The number of hydrogen-bond donors (Lipinski definition) is 1. The molecule has 0 aliphatic carbocycles. The number of piperazine rings is 1. The highest BCUT2D eigenvalue weighted by Crippen LogP contribution is 2.31. The van der Waals surface area contributed by atoms with Gasteiger partial charge in [0.15, 0.2) is 5.82 Å². The summed E-state index contributed by atoms with van der Waals surface area (Å²) < 4.78 is 34.2. The number of nitrogens with one attached hydrogen (secondary N) is 1. The first-order chi connectivity index (χ1) is 16.9. The van der Waals surface area contributed by atoms with Crippen molar-refractivity contribution in [1.82, 2.24) is 25.0 Å². The lowest BCUT2D eigenvalue weighted by Crippen LogP contribution is -2.45. The monoisotopic (exact) mass is 478 g/mol. The zero-order chi connectivity index (χ0) is 24.7. The van der Waals surface area contributed by atoms with Crippen LogP contribution >= 0.6 is 0 Å². The molecule has 1 saturated heterocycles. The SMILES string of the molecule is Cc1cc(-n2cc(CN3CCN[C@H](c4ccc5c(c4C)COC5=O)C3)c(C(F)F)n2)ncc1C#N. The predicted molar refractivity (Wildman–Crippen MR) is 122 cm³/mol. The molecule has 0 saturated carbocycles. The summed E-state index contributed by atoms with van der Waals surface area (Å²) in [6.07, 6.45) is 0.295. The van der Waals surface area contributed by atoms with E-state index in [2.05, 4.69) is 26.4 Å². The van der Waals surface area contributed by atoms with Crippen LogP contribution < -0.4 is 5.32 Å². The summed E-state index contributed by atoms with van der Waals surface area (Å²) in [5.74, 6) is 0.0923. The van der Waals surface area contributed by atoms with Gasteiger partial charge in [-0.25, -0.2) is 23.2 Å². The lowest BCUT2D eigenvalue weighted by atomic mass is 9.93. The number of halogens is 2. The summed E-state index contributed by atoms with van der Waals surface area (Å²) in [6, 6.07) is 7.47. The summed E-state index contributed by atoms with van der Waals surface area (Å²) in [7, 11) is 0. The molecule has 1 aromatic carbocycles. The van der Waals surface area contributed by atoms with E-state index < -0.39 is 6.43 Å². The number of rotatable bonds is 5. The van der Waals surface area contributed by atoms with Gasteiger partial charge in [0.05, 0.1) is 11.1 Å². The van der Waals surface area contributed by atoms with Crippen molar-refractivity contribution in [2.45, 2.75) is 39.5 Å². The van der Waals surface area contributed by atoms with Crippen LogP contribution in [0, 0.1) is 25.2 Å². The number of fused-ring (bicyclic) bond motifs is 1. The van der Waals surface area contributed by atoms with E-state index in [-0.39, 0.29) is 24.3 Å². The second kappa shape index (κ2) is 9.17. The van der Waals surface area contributed by atoms with Crippen molar-refractivity contribution in [3.05, 3.63) is 75.2 Å². The van der Waals surface area contributed by atoms with Crippen molar-refractivity contribution in [1.29, 1.82) is 5.26 Å². The Balaban J connectivity index is 1.38. The second-order valence-electron chi connectivity index (χ2n) is 8.88. The van der Waals surface area contributed by atoms with Crippen LogP contribution in [0.3, 0.4) is 0 Å². The minimum Gasteiger partial charge on any atom is -0.457 e. The van der Waals surface area contributed by atoms with Gasteiger partial charge in [-0.15, -0.1) is 0 Å². The Morgan fingerprint density at radius 3 is 2.91 bits per heavy atom. The first-order valence-electron chi connectivity index (χ1n) is 11.3. The Morgan fingerprint density at radius 1 is 1.34 bits per heavy atom. The third-order valence-corrected chi connectivity index (χ3v) is 6.72. The van der Waals surface area contributed by atoms with E-state index in [0.717, 1.165) is 16.7 Å². The molecule has 0 radical (unpaired) electrons. The van der Waals surface area contributed by atoms with Crippen molar-refractivity contribution < 1.29 is 18.3 Å². The molecule has 35 heavy (non-hydrogen) atoms. The average molecular weight is 479 g/mol. The Morgan fingerprint density at radius 2 is 2.17 bits per heavy atom. The molecule has 1 fully saturated rings. The number of aryl methyl sites for hydroxylation is 1. The number of nitrogens with zero attached hydrogens (tertiary/aromatic N) is 5. The fourth-order valence-corrected chi connectivity index (χ4v) is 4.78. The molecule has 10 heteroatoms. The number of carbonyl (C=O) groups is 1. The normalized spacial score (nSPS) is 17.9. The lowest BCUT2D eigenvalue weighted by Gasteiger charge is -2.34. The maximum absolute atomic E-state index is 13.9. The highest BCUT2D eigenvalue weighted by Gasteiger charge is 2.29. The zero-order valence-corrected chi connectivity index (χ0v) is 19.4. The van der Waals surface area contributed by atoms with Gasteiger partial charge >= 0.3 is 5.97 Å². The van der Waals surface area contributed by atoms with Crippen LogP contribution in [0.25, 0.3) is 5.82 Å². The molecule has 0 unspecified atom stereocenters. The number of alkyl halides is 2. The van der Waals surface area contributed by atoms with Gasteiger partial charge in [0.1, 0.15) is 18.4 Å². The average Bonchev–Trinajstić information content (AvgIpc) is 3.44. The molecule has 4 heterocycles. The third kappa shape index (κ3) is 4.29. The van der Waals surface area contributed by atoms with Gasteiger partial charge in [-0.05, 0) is 42.7 Å². The van der Waals surface area contributed by atoms with Crippen molar-refractivity contribution >= 4 is 5.97 Å². The Hall–Kier alpha value is -3.68. The van der Waals surface area contributed by atoms with Gasteiger partial charge < -0.3 is 10.1 Å². The topological polar surface area (TPSA) is 96.1 Å². The maximum Gasteiger partial charge on any atom is 0.338 e. The van der Waals surface area contributed by atoms with Crippen molar-refractivity contribution in [2.75, 3.05) is 19.6 Å². The highest BCUT2D eigenvalue weighted by molar-refractivity contribution is 5.94. The van der Waals surface area contributed by atoms with E-state index in [4.69, 9.17) is 10.00 Å². The Bertz CT molecular complexity index is 1350. The molecule has 1 atom stereocenters. The summed E-state index contributed by atoms with van der Waals surface area (Å²) in [5, 5.41) is 16.7. The van der Waals surface area contributed by atoms with Crippen molar-refractivity contribution in [3.63, 3.8) is 0 Å². The molecule has 2 aliphatic rings. The van der Waals surface area contributed by atoms with Crippen LogP contribution in [0.2, 0.25) is 0 Å². The number of carbonyl (C=O) groups excluding carboxylic acids is 1. The number of ether oxygens (including phenoxy) is 1. The first kappa shape index (κ1) is 23.1. The quantitative estimate of drug-likeness (QED) is 0.561. The van der Waals surface area contributed by atoms with Crippen LogP contribution in [0.15, 0.2) is 30.6 Å². The molecule has 0 amide bonds. The summed E-state index contributed by atoms with van der Waals surface area (Å²) in [5.41, 5.74) is 4.93. The van der Waals surface area contributed by atoms with Gasteiger partial charge in [-0.2, -0.15) is 10.4 Å². The number of aromatic nitrogens is 3. The maximum atomic E-state index is 13.9. The van der Waals surface area contributed by atoms with Crippen LogP contribution in [0.5, 0.6) is 0 Å². The Kier molecular flexibility index (Phi) is 6.05. The first-order valence-corrected chi connectivity index (χ1v) is 11.3. The fraction of sp³-hybridized carbons (Fsp3) is 0.360. The van der Waals surface area contributed by atoms with Crippen LogP contribution in [-0.4, -0.2) is 45.3 Å². The van der Waals surface area contributed by atoms with E-state index in [9.17, 15) is 13.6 Å². The third-order valence-electron chi connectivity index (χ3n) is 6.72. The minimum absolute atomic E-state index is 0.00219. The van der Waals surface area contributed by atoms with Crippen LogP contribution in [-0.2, 0) is 17.9 Å². The lowest BCUT2D eigenvalue weighted by molar-refractivity contribution is 0.0535. The van der Waals surface area contributed by atoms with Gasteiger partial charge in [-0.3, -0.25) is 4.90 Å². The molecule has 2 aromatic heterocycles. The number of hydrogen-bond acceptors (Lipinski definition) is 7. The van der Waals surface area contributed by atoms with E-state index in [0.29, 0.717) is 54.3 Å². The van der Waals surface area contributed by atoms with E-state index in [1.165, 1.54) is 10.9 Å². The van der Waals surface area contributed by atoms with E-state index >= 15 is 0 Å². The van der Waals surface area contributed by atoms with Crippen molar-refractivity contribution in [2.24, 2.45) is 0 Å². The number of benzene rings is 1. The minimum atomic E-state index is -2.72. The molecule has 3 aromatic rings. The Labute approximate surface area is 201 Å². The number of pyridine rings is 1. The number of cyclic esters (lactones) is 1. The van der Waals surface area contributed by atoms with Crippen molar-refractivity contribution in [3.8, 4) is 11.9 Å².